The first-order chi connectivity index (χ1) is 10.1. The molecule has 5 heteroatoms. The van der Waals surface area contributed by atoms with Gasteiger partial charge in [0, 0.05) is 18.8 Å². The van der Waals surface area contributed by atoms with Crippen LogP contribution in [0.3, 0.4) is 0 Å². The second kappa shape index (κ2) is 6.54. The van der Waals surface area contributed by atoms with E-state index in [0.29, 0.717) is 6.54 Å². The molecule has 0 saturated heterocycles. The standard InChI is InChI=1S/C16H21N3O2/c1-3-7-14-18-10-11-19(14)12-16(17,15(20)21-2)13-8-5-4-6-9-13/h4-6,8-11H,3,7,12,17H2,1-2H3. The molecule has 1 atom stereocenters. The van der Waals surface area contributed by atoms with Crippen molar-refractivity contribution in [2.45, 2.75) is 31.8 Å². The van der Waals surface area contributed by atoms with E-state index in [1.54, 1.807) is 6.20 Å². The predicted octanol–water partition coefficient (Wildman–Crippen LogP) is 1.86. The molecule has 0 fully saturated rings. The fourth-order valence-corrected chi connectivity index (χ4v) is 2.40. The first-order valence-electron chi connectivity index (χ1n) is 7.04. The number of ether oxygens (including phenoxy) is 1. The maximum atomic E-state index is 12.2. The van der Waals surface area contributed by atoms with Gasteiger partial charge >= 0.3 is 5.97 Å². The summed E-state index contributed by atoms with van der Waals surface area (Å²) in [4.78, 5) is 16.6. The maximum Gasteiger partial charge on any atom is 0.332 e. The van der Waals surface area contributed by atoms with Gasteiger partial charge in [0.15, 0.2) is 5.54 Å². The summed E-state index contributed by atoms with van der Waals surface area (Å²) in [6.45, 7) is 2.39. The second-order valence-electron chi connectivity index (χ2n) is 5.05. The summed E-state index contributed by atoms with van der Waals surface area (Å²) in [5.41, 5.74) is 5.91. The highest BCUT2D eigenvalue weighted by Gasteiger charge is 2.38. The van der Waals surface area contributed by atoms with Crippen molar-refractivity contribution in [3.8, 4) is 0 Å². The Morgan fingerprint density at radius 1 is 1.38 bits per heavy atom. The van der Waals surface area contributed by atoms with Gasteiger partial charge in [-0.2, -0.15) is 0 Å². The fourth-order valence-electron chi connectivity index (χ4n) is 2.40. The molecule has 0 aliphatic heterocycles. The van der Waals surface area contributed by atoms with E-state index in [1.807, 2.05) is 41.1 Å². The number of carbonyl (C=O) groups is 1. The van der Waals surface area contributed by atoms with Gasteiger partial charge in [0.1, 0.15) is 5.82 Å². The fraction of sp³-hybridized carbons (Fsp3) is 0.375. The molecule has 0 aliphatic carbocycles. The summed E-state index contributed by atoms with van der Waals surface area (Å²) in [6.07, 6.45) is 5.41. The predicted molar refractivity (Wildman–Crippen MR) is 80.5 cm³/mol. The van der Waals surface area contributed by atoms with E-state index in [1.165, 1.54) is 7.11 Å². The van der Waals surface area contributed by atoms with Crippen molar-refractivity contribution in [1.29, 1.82) is 0 Å². The molecule has 2 aromatic rings. The van der Waals surface area contributed by atoms with Crippen LogP contribution in [0.5, 0.6) is 0 Å². The molecule has 1 aromatic carbocycles. The molecule has 0 saturated carbocycles. The normalized spacial score (nSPS) is 13.7. The first kappa shape index (κ1) is 15.3. The van der Waals surface area contributed by atoms with Gasteiger partial charge in [-0.15, -0.1) is 0 Å². The Bertz CT molecular complexity index is 595. The molecule has 5 nitrogen and oxygen atoms in total. The molecular formula is C16H21N3O2. The van der Waals surface area contributed by atoms with Crippen LogP contribution in [0.4, 0.5) is 0 Å². The van der Waals surface area contributed by atoms with Crippen LogP contribution in [-0.2, 0) is 28.0 Å². The van der Waals surface area contributed by atoms with E-state index in [4.69, 9.17) is 10.5 Å². The van der Waals surface area contributed by atoms with Gasteiger partial charge in [-0.1, -0.05) is 37.3 Å². The number of nitrogens with zero attached hydrogens (tertiary/aromatic N) is 2. The van der Waals surface area contributed by atoms with E-state index in [9.17, 15) is 4.79 Å². The van der Waals surface area contributed by atoms with Crippen molar-refractivity contribution in [3.63, 3.8) is 0 Å². The largest absolute Gasteiger partial charge is 0.467 e. The Morgan fingerprint density at radius 2 is 2.10 bits per heavy atom. The highest BCUT2D eigenvalue weighted by Crippen LogP contribution is 2.23. The summed E-state index contributed by atoms with van der Waals surface area (Å²) in [6, 6.07) is 9.29. The van der Waals surface area contributed by atoms with Gasteiger partial charge in [0.05, 0.1) is 13.7 Å². The Labute approximate surface area is 124 Å². The molecule has 1 heterocycles. The molecule has 0 radical (unpaired) electrons. The molecule has 0 bridgehead atoms. The number of esters is 1. The number of hydrogen-bond donors (Lipinski definition) is 1. The van der Waals surface area contributed by atoms with Crippen molar-refractivity contribution >= 4 is 5.97 Å². The highest BCUT2D eigenvalue weighted by molar-refractivity contribution is 5.82. The van der Waals surface area contributed by atoms with Crippen molar-refractivity contribution in [1.82, 2.24) is 9.55 Å². The molecule has 1 aromatic heterocycles. The summed E-state index contributed by atoms with van der Waals surface area (Å²) < 4.78 is 6.84. The number of rotatable bonds is 6. The molecule has 0 spiro atoms. The zero-order valence-corrected chi connectivity index (χ0v) is 12.5. The number of methoxy groups -OCH3 is 1. The average Bonchev–Trinajstić information content (AvgIpc) is 2.94. The molecule has 1 unspecified atom stereocenters. The van der Waals surface area contributed by atoms with Crippen LogP contribution in [0, 0.1) is 0 Å². The van der Waals surface area contributed by atoms with Crippen molar-refractivity contribution in [2.75, 3.05) is 7.11 Å². The quantitative estimate of drug-likeness (QED) is 0.823. The SMILES string of the molecule is CCCc1nccn1CC(N)(C(=O)OC)c1ccccc1. The molecule has 2 rings (SSSR count). The zero-order valence-electron chi connectivity index (χ0n) is 12.5. The van der Waals surface area contributed by atoms with E-state index < -0.39 is 11.5 Å². The average molecular weight is 287 g/mol. The summed E-state index contributed by atoms with van der Waals surface area (Å²) >= 11 is 0. The minimum Gasteiger partial charge on any atom is -0.467 e. The lowest BCUT2D eigenvalue weighted by Gasteiger charge is -2.28. The number of aryl methyl sites for hydroxylation is 1. The van der Waals surface area contributed by atoms with Crippen LogP contribution in [0.2, 0.25) is 0 Å². The number of carbonyl (C=O) groups excluding carboxylic acids is 1. The Morgan fingerprint density at radius 3 is 2.71 bits per heavy atom. The zero-order chi connectivity index (χ0) is 15.3. The van der Waals surface area contributed by atoms with Gasteiger partial charge in [0.2, 0.25) is 0 Å². The molecule has 21 heavy (non-hydrogen) atoms. The number of benzene rings is 1. The minimum absolute atomic E-state index is 0.305. The summed E-state index contributed by atoms with van der Waals surface area (Å²) in [5, 5.41) is 0. The maximum absolute atomic E-state index is 12.2. The lowest BCUT2D eigenvalue weighted by molar-refractivity contribution is -0.148. The molecule has 0 amide bonds. The summed E-state index contributed by atoms with van der Waals surface area (Å²) in [5.74, 6) is 0.469. The van der Waals surface area contributed by atoms with Crippen LogP contribution >= 0.6 is 0 Å². The molecule has 0 aliphatic rings. The Kier molecular flexibility index (Phi) is 4.75. The first-order valence-corrected chi connectivity index (χ1v) is 7.04. The van der Waals surface area contributed by atoms with Crippen molar-refractivity contribution in [3.05, 3.63) is 54.1 Å². The summed E-state index contributed by atoms with van der Waals surface area (Å²) in [7, 11) is 1.35. The second-order valence-corrected chi connectivity index (χ2v) is 5.05. The third-order valence-corrected chi connectivity index (χ3v) is 3.53. The van der Waals surface area contributed by atoms with Gasteiger partial charge in [-0.05, 0) is 12.0 Å². The lowest BCUT2D eigenvalue weighted by atomic mass is 9.90. The van der Waals surface area contributed by atoms with E-state index in [2.05, 4.69) is 11.9 Å². The highest BCUT2D eigenvalue weighted by atomic mass is 16.5. The third-order valence-electron chi connectivity index (χ3n) is 3.53. The Hall–Kier alpha value is -2.14. The lowest BCUT2D eigenvalue weighted by Crippen LogP contribution is -2.49. The van der Waals surface area contributed by atoms with Crippen molar-refractivity contribution < 1.29 is 9.53 Å². The Balaban J connectivity index is 2.37. The van der Waals surface area contributed by atoms with E-state index in [-0.39, 0.29) is 0 Å². The number of hydrogen-bond acceptors (Lipinski definition) is 4. The van der Waals surface area contributed by atoms with Gasteiger partial charge in [0.25, 0.3) is 0 Å². The van der Waals surface area contributed by atoms with Crippen LogP contribution in [-0.4, -0.2) is 22.6 Å². The van der Waals surface area contributed by atoms with Gasteiger partial charge in [-0.25, -0.2) is 9.78 Å². The van der Waals surface area contributed by atoms with E-state index >= 15 is 0 Å². The minimum atomic E-state index is -1.22. The van der Waals surface area contributed by atoms with Gasteiger partial charge in [-0.3, -0.25) is 0 Å². The smallest absolute Gasteiger partial charge is 0.332 e. The topological polar surface area (TPSA) is 70.1 Å². The molecule has 2 N–H and O–H groups in total. The van der Waals surface area contributed by atoms with Crippen molar-refractivity contribution in [2.24, 2.45) is 5.73 Å². The number of aromatic nitrogens is 2. The van der Waals surface area contributed by atoms with E-state index in [0.717, 1.165) is 24.2 Å². The van der Waals surface area contributed by atoms with Crippen LogP contribution in [0.1, 0.15) is 24.7 Å². The monoisotopic (exact) mass is 287 g/mol. The number of imidazole rings is 1. The van der Waals surface area contributed by atoms with Crippen LogP contribution < -0.4 is 5.73 Å². The third kappa shape index (κ3) is 3.13. The molecule has 112 valence electrons. The molecular weight excluding hydrogens is 266 g/mol. The van der Waals surface area contributed by atoms with Gasteiger partial charge < -0.3 is 15.0 Å². The number of nitrogens with two attached hydrogens (primary N) is 1. The van der Waals surface area contributed by atoms with Crippen LogP contribution in [0.15, 0.2) is 42.7 Å². The van der Waals surface area contributed by atoms with Crippen LogP contribution in [0.25, 0.3) is 0 Å².